The van der Waals surface area contributed by atoms with Gasteiger partial charge in [-0.05, 0) is 30.2 Å². The van der Waals surface area contributed by atoms with Gasteiger partial charge in [0.2, 0.25) is 0 Å². The summed E-state index contributed by atoms with van der Waals surface area (Å²) in [6, 6.07) is 5.84. The molecule has 0 amide bonds. The first-order valence-corrected chi connectivity index (χ1v) is 6.43. The first kappa shape index (κ1) is 11.7. The normalized spacial score (nSPS) is 16.2. The lowest BCUT2D eigenvalue weighted by molar-refractivity contribution is 0.367. The molecule has 0 heterocycles. The van der Waals surface area contributed by atoms with Gasteiger partial charge < -0.3 is 10.2 Å². The molecule has 0 bridgehead atoms. The van der Waals surface area contributed by atoms with Gasteiger partial charge in [-0.15, -0.1) is 0 Å². The highest BCUT2D eigenvalue weighted by molar-refractivity contribution is 9.11. The molecule has 2 rings (SSSR count). The third-order valence-corrected chi connectivity index (χ3v) is 3.37. The predicted molar refractivity (Wildman–Crippen MR) is 71.3 cm³/mol. The van der Waals surface area contributed by atoms with E-state index >= 15 is 0 Å². The number of hydrogen-bond donors (Lipinski definition) is 2. The van der Waals surface area contributed by atoms with E-state index in [9.17, 15) is 10.2 Å². The second-order valence-corrected chi connectivity index (χ2v) is 5.49. The van der Waals surface area contributed by atoms with Crippen molar-refractivity contribution in [1.29, 1.82) is 0 Å². The third-order valence-electron chi connectivity index (χ3n) is 2.45. The zero-order chi connectivity index (χ0) is 11.7. The Morgan fingerprint density at radius 2 is 1.56 bits per heavy atom. The van der Waals surface area contributed by atoms with Crippen LogP contribution in [-0.4, -0.2) is 10.2 Å². The largest absolute Gasteiger partial charge is 0.512 e. The van der Waals surface area contributed by atoms with Crippen LogP contribution in [0, 0.1) is 0 Å². The molecule has 1 aliphatic rings. The quantitative estimate of drug-likeness (QED) is 0.773. The van der Waals surface area contributed by atoms with Gasteiger partial charge in [-0.25, -0.2) is 0 Å². The second-order valence-electron chi connectivity index (χ2n) is 3.66. The molecule has 4 heteroatoms. The summed E-state index contributed by atoms with van der Waals surface area (Å²) in [6.45, 7) is 0. The van der Waals surface area contributed by atoms with Gasteiger partial charge in [-0.2, -0.15) is 0 Å². The van der Waals surface area contributed by atoms with Gasteiger partial charge in [0.05, 0.1) is 5.76 Å². The first-order chi connectivity index (χ1) is 7.56. The molecule has 0 saturated heterocycles. The lowest BCUT2D eigenvalue weighted by atomic mass is 9.95. The van der Waals surface area contributed by atoms with E-state index < -0.39 is 0 Å². The molecular formula is C12H10Br2O2. The summed E-state index contributed by atoms with van der Waals surface area (Å²) < 4.78 is 1.91. The molecule has 0 fully saturated rings. The zero-order valence-corrected chi connectivity index (χ0v) is 11.5. The van der Waals surface area contributed by atoms with E-state index in [0.717, 1.165) is 20.1 Å². The van der Waals surface area contributed by atoms with Crippen LogP contribution >= 0.6 is 31.9 Å². The Hall–Kier alpha value is -0.740. The molecule has 1 aliphatic carbocycles. The number of aliphatic hydroxyl groups excluding tert-OH is 2. The summed E-state index contributed by atoms with van der Waals surface area (Å²) in [5.74, 6) is 0.379. The number of aliphatic hydroxyl groups is 2. The summed E-state index contributed by atoms with van der Waals surface area (Å²) in [7, 11) is 0. The number of rotatable bonds is 1. The Bertz CT molecular complexity index is 470. The fraction of sp³-hybridized carbons (Fsp3) is 0.167. The van der Waals surface area contributed by atoms with Crippen molar-refractivity contribution in [2.24, 2.45) is 0 Å². The minimum Gasteiger partial charge on any atom is -0.512 e. The smallest absolute Gasteiger partial charge is 0.122 e. The predicted octanol–water partition coefficient (Wildman–Crippen LogP) is 4.72. The minimum atomic E-state index is 0.147. The Labute approximate surface area is 111 Å². The number of benzene rings is 1. The highest BCUT2D eigenvalue weighted by atomic mass is 79.9. The Kier molecular flexibility index (Phi) is 3.40. The van der Waals surface area contributed by atoms with Crippen LogP contribution in [0.5, 0.6) is 0 Å². The fourth-order valence-corrected chi connectivity index (χ4v) is 3.01. The van der Waals surface area contributed by atoms with Gasteiger partial charge in [0.1, 0.15) is 5.76 Å². The Morgan fingerprint density at radius 3 is 2.12 bits per heavy atom. The molecule has 0 atom stereocenters. The lowest BCUT2D eigenvalue weighted by Crippen LogP contribution is -1.98. The molecule has 0 aliphatic heterocycles. The monoisotopic (exact) mass is 344 g/mol. The van der Waals surface area contributed by atoms with Gasteiger partial charge in [0.15, 0.2) is 0 Å². The van der Waals surface area contributed by atoms with E-state index in [1.807, 2.05) is 18.2 Å². The minimum absolute atomic E-state index is 0.147. The van der Waals surface area contributed by atoms with E-state index in [1.165, 1.54) is 6.08 Å². The van der Waals surface area contributed by atoms with Crippen LogP contribution in [0.1, 0.15) is 18.4 Å². The average molecular weight is 346 g/mol. The second kappa shape index (κ2) is 4.63. The van der Waals surface area contributed by atoms with Crippen molar-refractivity contribution in [1.82, 2.24) is 0 Å². The molecule has 0 aromatic heterocycles. The van der Waals surface area contributed by atoms with Crippen molar-refractivity contribution >= 4 is 37.4 Å². The van der Waals surface area contributed by atoms with Crippen LogP contribution in [0.2, 0.25) is 0 Å². The topological polar surface area (TPSA) is 40.5 Å². The number of halogens is 2. The van der Waals surface area contributed by atoms with Crippen molar-refractivity contribution in [3.8, 4) is 0 Å². The summed E-state index contributed by atoms with van der Waals surface area (Å²) in [5.41, 5.74) is 1.82. The molecule has 1 aromatic carbocycles. The maximum Gasteiger partial charge on any atom is 0.122 e. The molecule has 2 nitrogen and oxygen atoms in total. The van der Waals surface area contributed by atoms with Crippen molar-refractivity contribution in [3.05, 3.63) is 50.3 Å². The number of hydrogen-bond acceptors (Lipinski definition) is 2. The Morgan fingerprint density at radius 1 is 0.938 bits per heavy atom. The van der Waals surface area contributed by atoms with Crippen LogP contribution in [-0.2, 0) is 0 Å². The van der Waals surface area contributed by atoms with Crippen molar-refractivity contribution in [3.63, 3.8) is 0 Å². The molecular weight excluding hydrogens is 336 g/mol. The molecule has 84 valence electrons. The molecule has 2 N–H and O–H groups in total. The first-order valence-electron chi connectivity index (χ1n) is 4.84. The van der Waals surface area contributed by atoms with Gasteiger partial charge in [-0.3, -0.25) is 0 Å². The van der Waals surface area contributed by atoms with Gasteiger partial charge in [-0.1, -0.05) is 31.9 Å². The third kappa shape index (κ3) is 2.50. The molecule has 0 spiro atoms. The molecule has 16 heavy (non-hydrogen) atoms. The molecule has 0 saturated carbocycles. The highest BCUT2D eigenvalue weighted by Crippen LogP contribution is 2.32. The van der Waals surface area contributed by atoms with Gasteiger partial charge in [0, 0.05) is 27.0 Å². The molecule has 1 aromatic rings. The van der Waals surface area contributed by atoms with E-state index in [4.69, 9.17) is 0 Å². The van der Waals surface area contributed by atoms with Gasteiger partial charge >= 0.3 is 0 Å². The van der Waals surface area contributed by atoms with Crippen molar-refractivity contribution in [2.45, 2.75) is 12.8 Å². The summed E-state index contributed by atoms with van der Waals surface area (Å²) >= 11 is 6.82. The van der Waals surface area contributed by atoms with E-state index in [0.29, 0.717) is 12.8 Å². The summed E-state index contributed by atoms with van der Waals surface area (Å²) in [4.78, 5) is 0. The van der Waals surface area contributed by atoms with E-state index in [2.05, 4.69) is 31.9 Å². The zero-order valence-electron chi connectivity index (χ0n) is 8.37. The maximum absolute atomic E-state index is 9.79. The maximum atomic E-state index is 9.79. The Balaban J connectivity index is 2.48. The lowest BCUT2D eigenvalue weighted by Gasteiger charge is -2.14. The average Bonchev–Trinajstić information content (AvgIpc) is 2.15. The SMILES string of the molecule is OC1=CC(O)=C(c2cc(Br)cc(Br)c2)CC1. The molecule has 0 unspecified atom stereocenters. The number of allylic oxidation sites excluding steroid dienone is 3. The standard InChI is InChI=1S/C12H10Br2O2/c13-8-3-7(4-9(14)5-8)11-2-1-10(15)6-12(11)16/h3-6,15-16H,1-2H2. The van der Waals surface area contributed by atoms with Crippen molar-refractivity contribution in [2.75, 3.05) is 0 Å². The van der Waals surface area contributed by atoms with Crippen molar-refractivity contribution < 1.29 is 10.2 Å². The molecule has 0 radical (unpaired) electrons. The summed E-state index contributed by atoms with van der Waals surface area (Å²) in [6.07, 6.45) is 2.63. The fourth-order valence-electron chi connectivity index (χ4n) is 1.72. The van der Waals surface area contributed by atoms with Crippen LogP contribution in [0.3, 0.4) is 0 Å². The van der Waals surface area contributed by atoms with Crippen LogP contribution < -0.4 is 0 Å². The van der Waals surface area contributed by atoms with E-state index in [1.54, 1.807) is 0 Å². The highest BCUT2D eigenvalue weighted by Gasteiger charge is 2.14. The van der Waals surface area contributed by atoms with E-state index in [-0.39, 0.29) is 11.5 Å². The van der Waals surface area contributed by atoms with Crippen LogP contribution in [0.15, 0.2) is 44.7 Å². The van der Waals surface area contributed by atoms with Crippen LogP contribution in [0.25, 0.3) is 5.57 Å². The van der Waals surface area contributed by atoms with Gasteiger partial charge in [0.25, 0.3) is 0 Å². The van der Waals surface area contributed by atoms with Crippen LogP contribution in [0.4, 0.5) is 0 Å². The summed E-state index contributed by atoms with van der Waals surface area (Å²) in [5, 5.41) is 19.1.